The number of Topliss-reactive ketones (excluding diaryl/α,β-unsaturated/α-hetero) is 1. The second-order valence-corrected chi connectivity index (χ2v) is 7.14. The first kappa shape index (κ1) is 15.6. The standard InChI is InChI=1S/C14H16ClN3O3S/c15-12-5-10-13(22-12)14(21)18(7-17-10)6-8(19)4-9-11(20)2-1-3-16-9/h5,7,9,11,16,20H,1-4,6H2. The van der Waals surface area contributed by atoms with E-state index >= 15 is 0 Å². The Morgan fingerprint density at radius 3 is 3.18 bits per heavy atom. The van der Waals surface area contributed by atoms with Crippen molar-refractivity contribution in [3.63, 3.8) is 0 Å². The van der Waals surface area contributed by atoms with Crippen molar-refractivity contribution in [2.75, 3.05) is 6.54 Å². The highest BCUT2D eigenvalue weighted by Gasteiger charge is 2.25. The summed E-state index contributed by atoms with van der Waals surface area (Å²) < 4.78 is 2.25. The third-order valence-corrected chi connectivity index (χ3v) is 5.06. The molecule has 0 aliphatic carbocycles. The fourth-order valence-electron chi connectivity index (χ4n) is 2.67. The number of hydrogen-bond acceptors (Lipinski definition) is 6. The molecule has 2 aromatic heterocycles. The predicted octanol–water partition coefficient (Wildman–Crippen LogP) is 1.18. The number of thiophene rings is 1. The predicted molar refractivity (Wildman–Crippen MR) is 85.5 cm³/mol. The van der Waals surface area contributed by atoms with Gasteiger partial charge in [0.1, 0.15) is 4.70 Å². The number of fused-ring (bicyclic) bond motifs is 1. The average Bonchev–Trinajstić information content (AvgIpc) is 2.86. The lowest BCUT2D eigenvalue weighted by Crippen LogP contribution is -2.46. The van der Waals surface area contributed by atoms with Crippen LogP contribution in [-0.4, -0.2) is 39.1 Å². The van der Waals surface area contributed by atoms with Gasteiger partial charge in [0, 0.05) is 12.5 Å². The number of ketones is 1. The average molecular weight is 342 g/mol. The van der Waals surface area contributed by atoms with E-state index in [-0.39, 0.29) is 30.3 Å². The van der Waals surface area contributed by atoms with Gasteiger partial charge in [-0.1, -0.05) is 11.6 Å². The van der Waals surface area contributed by atoms with E-state index in [1.165, 1.54) is 10.9 Å². The lowest BCUT2D eigenvalue weighted by Gasteiger charge is -2.28. The SMILES string of the molecule is O=C(CC1NCCCC1O)Cn1cnc2cc(Cl)sc2c1=O. The van der Waals surface area contributed by atoms with E-state index in [1.807, 2.05) is 0 Å². The first-order valence-corrected chi connectivity index (χ1v) is 8.31. The molecule has 3 heterocycles. The first-order chi connectivity index (χ1) is 10.5. The van der Waals surface area contributed by atoms with Crippen LogP contribution in [0.2, 0.25) is 4.34 Å². The molecule has 1 saturated heterocycles. The fourth-order valence-corrected chi connectivity index (χ4v) is 3.79. The van der Waals surface area contributed by atoms with Gasteiger partial charge in [-0.3, -0.25) is 14.2 Å². The van der Waals surface area contributed by atoms with Crippen molar-refractivity contribution in [1.82, 2.24) is 14.9 Å². The second-order valence-electron chi connectivity index (χ2n) is 5.46. The molecule has 6 nitrogen and oxygen atoms in total. The largest absolute Gasteiger partial charge is 0.391 e. The van der Waals surface area contributed by atoms with Crippen molar-refractivity contribution in [3.05, 3.63) is 27.1 Å². The van der Waals surface area contributed by atoms with E-state index in [1.54, 1.807) is 6.07 Å². The molecule has 2 atom stereocenters. The van der Waals surface area contributed by atoms with E-state index in [9.17, 15) is 14.7 Å². The van der Waals surface area contributed by atoms with Gasteiger partial charge in [-0.2, -0.15) is 0 Å². The van der Waals surface area contributed by atoms with Crippen LogP contribution in [0.1, 0.15) is 19.3 Å². The van der Waals surface area contributed by atoms with Crippen LogP contribution in [0.5, 0.6) is 0 Å². The molecule has 0 amide bonds. The van der Waals surface area contributed by atoms with Gasteiger partial charge in [-0.15, -0.1) is 11.3 Å². The summed E-state index contributed by atoms with van der Waals surface area (Å²) in [6, 6.07) is 1.40. The van der Waals surface area contributed by atoms with Gasteiger partial charge in [-0.25, -0.2) is 4.98 Å². The summed E-state index contributed by atoms with van der Waals surface area (Å²) in [4.78, 5) is 28.6. The van der Waals surface area contributed by atoms with Gasteiger partial charge in [0.05, 0.1) is 28.8 Å². The van der Waals surface area contributed by atoms with Crippen LogP contribution in [0.15, 0.2) is 17.2 Å². The van der Waals surface area contributed by atoms with Gasteiger partial charge in [0.2, 0.25) is 0 Å². The zero-order valence-corrected chi connectivity index (χ0v) is 13.4. The Bertz CT molecular complexity index is 757. The summed E-state index contributed by atoms with van der Waals surface area (Å²) in [5, 5.41) is 13.0. The van der Waals surface area contributed by atoms with Crippen LogP contribution >= 0.6 is 22.9 Å². The highest BCUT2D eigenvalue weighted by Crippen LogP contribution is 2.24. The molecule has 0 saturated carbocycles. The fraction of sp³-hybridized carbons (Fsp3) is 0.500. The monoisotopic (exact) mass is 341 g/mol. The van der Waals surface area contributed by atoms with Crippen molar-refractivity contribution in [1.29, 1.82) is 0 Å². The molecule has 3 rings (SSSR count). The van der Waals surface area contributed by atoms with Crippen LogP contribution in [0.4, 0.5) is 0 Å². The molecule has 0 spiro atoms. The lowest BCUT2D eigenvalue weighted by molar-refractivity contribution is -0.121. The van der Waals surface area contributed by atoms with E-state index < -0.39 is 6.10 Å². The zero-order chi connectivity index (χ0) is 15.7. The van der Waals surface area contributed by atoms with Crippen molar-refractivity contribution in [2.45, 2.75) is 38.0 Å². The highest BCUT2D eigenvalue weighted by atomic mass is 35.5. The van der Waals surface area contributed by atoms with Crippen molar-refractivity contribution >= 4 is 38.9 Å². The molecular weight excluding hydrogens is 326 g/mol. The topological polar surface area (TPSA) is 84.2 Å². The van der Waals surface area contributed by atoms with Crippen molar-refractivity contribution in [2.24, 2.45) is 0 Å². The Kier molecular flexibility index (Phi) is 4.58. The molecule has 0 radical (unpaired) electrons. The number of piperidine rings is 1. The van der Waals surface area contributed by atoms with Gasteiger partial charge >= 0.3 is 0 Å². The van der Waals surface area contributed by atoms with Gasteiger partial charge in [0.25, 0.3) is 5.56 Å². The van der Waals surface area contributed by atoms with E-state index in [0.717, 1.165) is 24.3 Å². The van der Waals surface area contributed by atoms with Crippen LogP contribution in [-0.2, 0) is 11.3 Å². The molecule has 1 aliphatic heterocycles. The Hall–Kier alpha value is -1.28. The molecule has 1 aliphatic rings. The van der Waals surface area contributed by atoms with Gasteiger partial charge in [-0.05, 0) is 25.5 Å². The number of aliphatic hydroxyl groups is 1. The third-order valence-electron chi connectivity index (χ3n) is 3.82. The number of carbonyl (C=O) groups excluding carboxylic acids is 1. The molecule has 22 heavy (non-hydrogen) atoms. The minimum Gasteiger partial charge on any atom is -0.391 e. The normalized spacial score (nSPS) is 22.1. The molecule has 0 bridgehead atoms. The molecule has 8 heteroatoms. The van der Waals surface area contributed by atoms with Crippen LogP contribution in [0.3, 0.4) is 0 Å². The molecular formula is C14H16ClN3O3S. The Morgan fingerprint density at radius 2 is 2.41 bits per heavy atom. The number of halogens is 1. The van der Waals surface area contributed by atoms with E-state index in [2.05, 4.69) is 10.3 Å². The first-order valence-electron chi connectivity index (χ1n) is 7.12. The summed E-state index contributed by atoms with van der Waals surface area (Å²) in [5.74, 6) is -0.107. The summed E-state index contributed by atoms with van der Waals surface area (Å²) in [7, 11) is 0. The molecule has 2 N–H and O–H groups in total. The molecule has 2 unspecified atom stereocenters. The maximum atomic E-state index is 12.3. The number of hydrogen-bond donors (Lipinski definition) is 2. The smallest absolute Gasteiger partial charge is 0.271 e. The van der Waals surface area contributed by atoms with Crippen LogP contribution in [0.25, 0.3) is 10.2 Å². The number of aromatic nitrogens is 2. The summed E-state index contributed by atoms with van der Waals surface area (Å²) in [6.07, 6.45) is 2.68. The van der Waals surface area contributed by atoms with Gasteiger partial charge < -0.3 is 10.4 Å². The Labute approximate surface area is 135 Å². The minimum absolute atomic E-state index is 0.0395. The zero-order valence-electron chi connectivity index (χ0n) is 11.8. The maximum absolute atomic E-state index is 12.3. The van der Waals surface area contributed by atoms with Crippen molar-refractivity contribution in [3.8, 4) is 0 Å². The Balaban J connectivity index is 1.73. The second kappa shape index (κ2) is 6.45. The molecule has 1 fully saturated rings. The number of aliphatic hydroxyl groups excluding tert-OH is 1. The van der Waals surface area contributed by atoms with Gasteiger partial charge in [0.15, 0.2) is 5.78 Å². The summed E-state index contributed by atoms with van der Waals surface area (Å²) in [6.45, 7) is 0.762. The third kappa shape index (κ3) is 3.22. The minimum atomic E-state index is -0.508. The number of nitrogens with one attached hydrogen (secondary N) is 1. The molecule has 2 aromatic rings. The van der Waals surface area contributed by atoms with E-state index in [4.69, 9.17) is 11.6 Å². The van der Waals surface area contributed by atoms with E-state index in [0.29, 0.717) is 21.0 Å². The van der Waals surface area contributed by atoms with Crippen LogP contribution in [0, 0.1) is 0 Å². The number of rotatable bonds is 4. The summed E-state index contributed by atoms with van der Waals surface area (Å²) in [5.41, 5.74) is 0.292. The highest BCUT2D eigenvalue weighted by molar-refractivity contribution is 7.22. The molecule has 0 aromatic carbocycles. The number of nitrogens with zero attached hydrogens (tertiary/aromatic N) is 2. The maximum Gasteiger partial charge on any atom is 0.271 e. The van der Waals surface area contributed by atoms with Crippen LogP contribution < -0.4 is 10.9 Å². The quantitative estimate of drug-likeness (QED) is 0.872. The lowest BCUT2D eigenvalue weighted by atomic mass is 9.97. The molecule has 118 valence electrons. The Morgan fingerprint density at radius 1 is 1.59 bits per heavy atom. The number of carbonyl (C=O) groups is 1. The summed E-state index contributed by atoms with van der Waals surface area (Å²) >= 11 is 7.05. The van der Waals surface area contributed by atoms with Crippen molar-refractivity contribution < 1.29 is 9.90 Å².